The number of hydrogen-bond acceptors (Lipinski definition) is 5. The number of benzene rings is 1. The van der Waals surface area contributed by atoms with Crippen LogP contribution in [0.15, 0.2) is 30.6 Å². The van der Waals surface area contributed by atoms with E-state index in [4.69, 9.17) is 5.11 Å². The Kier molecular flexibility index (Phi) is 5.76. The molecule has 0 saturated heterocycles. The molecule has 106 valence electrons. The van der Waals surface area contributed by atoms with Crippen LogP contribution >= 0.6 is 11.8 Å². The summed E-state index contributed by atoms with van der Waals surface area (Å²) in [5.74, 6) is 1.66. The fourth-order valence-electron chi connectivity index (χ4n) is 1.71. The maximum Gasteiger partial charge on any atom is 0.251 e. The number of hydrogen-bond donors (Lipinski definition) is 2. The van der Waals surface area contributed by atoms with Crippen LogP contribution in [0.2, 0.25) is 0 Å². The number of nitrogens with one attached hydrogen (secondary N) is 1. The van der Waals surface area contributed by atoms with Crippen LogP contribution in [0, 0.1) is 0 Å². The van der Waals surface area contributed by atoms with Crippen LogP contribution in [-0.2, 0) is 0 Å². The number of nitrogens with zero attached hydrogens (tertiary/aromatic N) is 2. The van der Waals surface area contributed by atoms with Crippen molar-refractivity contribution >= 4 is 28.7 Å². The highest BCUT2D eigenvalue weighted by atomic mass is 32.2. The molecule has 2 N–H and O–H groups in total. The van der Waals surface area contributed by atoms with Gasteiger partial charge in [0.25, 0.3) is 5.91 Å². The lowest BCUT2D eigenvalue weighted by molar-refractivity contribution is 0.0956. The third-order valence-corrected chi connectivity index (χ3v) is 3.78. The second kappa shape index (κ2) is 7.81. The number of fused-ring (bicyclic) bond motifs is 1. The van der Waals surface area contributed by atoms with Crippen molar-refractivity contribution < 1.29 is 9.90 Å². The first-order valence-corrected chi connectivity index (χ1v) is 7.64. The maximum atomic E-state index is 12.0. The topological polar surface area (TPSA) is 75.1 Å². The molecule has 0 saturated carbocycles. The molecule has 0 atom stereocenters. The molecule has 5 nitrogen and oxygen atoms in total. The van der Waals surface area contributed by atoms with Crippen LogP contribution in [-0.4, -0.2) is 45.6 Å². The summed E-state index contributed by atoms with van der Waals surface area (Å²) < 4.78 is 0. The summed E-state index contributed by atoms with van der Waals surface area (Å²) in [5, 5.41) is 11.5. The van der Waals surface area contributed by atoms with Crippen molar-refractivity contribution in [2.75, 3.05) is 24.7 Å². The molecule has 0 aliphatic carbocycles. The molecule has 0 unspecified atom stereocenters. The van der Waals surface area contributed by atoms with E-state index in [1.54, 1.807) is 42.4 Å². The van der Waals surface area contributed by atoms with Crippen molar-refractivity contribution in [3.05, 3.63) is 36.2 Å². The van der Waals surface area contributed by atoms with Crippen molar-refractivity contribution in [2.24, 2.45) is 0 Å². The first-order chi connectivity index (χ1) is 9.81. The average molecular weight is 291 g/mol. The molecule has 0 aliphatic heterocycles. The number of carbonyl (C=O) groups is 1. The van der Waals surface area contributed by atoms with Crippen molar-refractivity contribution in [1.29, 1.82) is 0 Å². The van der Waals surface area contributed by atoms with Crippen LogP contribution in [0.25, 0.3) is 11.0 Å². The predicted molar refractivity (Wildman–Crippen MR) is 80.9 cm³/mol. The van der Waals surface area contributed by atoms with Crippen molar-refractivity contribution in [1.82, 2.24) is 15.3 Å². The SMILES string of the molecule is O=C(NCCSCCCO)c1ccc2nccnc2c1. The molecule has 6 heteroatoms. The molecule has 0 spiro atoms. The number of aliphatic hydroxyl groups excluding tert-OH is 1. The van der Waals surface area contributed by atoms with Crippen LogP contribution in [0.3, 0.4) is 0 Å². The van der Waals surface area contributed by atoms with Gasteiger partial charge in [-0.1, -0.05) is 0 Å². The fourth-order valence-corrected chi connectivity index (χ4v) is 2.50. The van der Waals surface area contributed by atoms with E-state index in [-0.39, 0.29) is 12.5 Å². The summed E-state index contributed by atoms with van der Waals surface area (Å²) in [5.41, 5.74) is 2.10. The van der Waals surface area contributed by atoms with Crippen molar-refractivity contribution in [2.45, 2.75) is 6.42 Å². The average Bonchev–Trinajstić information content (AvgIpc) is 2.50. The molecular weight excluding hydrogens is 274 g/mol. The monoisotopic (exact) mass is 291 g/mol. The van der Waals surface area contributed by atoms with E-state index >= 15 is 0 Å². The van der Waals surface area contributed by atoms with Gasteiger partial charge < -0.3 is 10.4 Å². The Labute approximate surface area is 121 Å². The zero-order chi connectivity index (χ0) is 14.2. The van der Waals surface area contributed by atoms with Crippen LogP contribution in [0.4, 0.5) is 0 Å². The van der Waals surface area contributed by atoms with E-state index in [1.807, 2.05) is 0 Å². The van der Waals surface area contributed by atoms with Crippen molar-refractivity contribution in [3.63, 3.8) is 0 Å². The molecule has 2 rings (SSSR count). The Balaban J connectivity index is 1.84. The van der Waals surface area contributed by atoms with Gasteiger partial charge in [0, 0.05) is 36.9 Å². The Morgan fingerprint density at radius 3 is 2.80 bits per heavy atom. The minimum Gasteiger partial charge on any atom is -0.396 e. The largest absolute Gasteiger partial charge is 0.396 e. The number of thioether (sulfide) groups is 1. The summed E-state index contributed by atoms with van der Waals surface area (Å²) in [7, 11) is 0. The normalized spacial score (nSPS) is 10.7. The van der Waals surface area contributed by atoms with Gasteiger partial charge in [-0.3, -0.25) is 14.8 Å². The van der Waals surface area contributed by atoms with Gasteiger partial charge in [-0.15, -0.1) is 0 Å². The van der Waals surface area contributed by atoms with E-state index in [2.05, 4.69) is 15.3 Å². The molecule has 1 aromatic heterocycles. The number of aliphatic hydroxyl groups is 1. The molecular formula is C14H17N3O2S. The predicted octanol–water partition coefficient (Wildman–Crippen LogP) is 1.48. The summed E-state index contributed by atoms with van der Waals surface area (Å²) >= 11 is 1.72. The minimum atomic E-state index is -0.0969. The highest BCUT2D eigenvalue weighted by molar-refractivity contribution is 7.99. The van der Waals surface area contributed by atoms with E-state index in [9.17, 15) is 4.79 Å². The molecule has 0 bridgehead atoms. The van der Waals surface area contributed by atoms with Crippen molar-refractivity contribution in [3.8, 4) is 0 Å². The number of amides is 1. The lowest BCUT2D eigenvalue weighted by Gasteiger charge is -2.05. The van der Waals surface area contributed by atoms with Gasteiger partial charge in [-0.2, -0.15) is 11.8 Å². The van der Waals surface area contributed by atoms with Gasteiger partial charge in [0.1, 0.15) is 0 Å². The molecule has 1 aromatic carbocycles. The lowest BCUT2D eigenvalue weighted by Crippen LogP contribution is -2.25. The van der Waals surface area contributed by atoms with Gasteiger partial charge in [0.2, 0.25) is 0 Å². The first kappa shape index (κ1) is 14.7. The molecule has 0 radical (unpaired) electrons. The Morgan fingerprint density at radius 2 is 2.00 bits per heavy atom. The van der Waals surface area contributed by atoms with Gasteiger partial charge in [-0.05, 0) is 30.4 Å². The van der Waals surface area contributed by atoms with E-state index in [1.165, 1.54) is 0 Å². The fraction of sp³-hybridized carbons (Fsp3) is 0.357. The highest BCUT2D eigenvalue weighted by Gasteiger charge is 2.06. The summed E-state index contributed by atoms with van der Waals surface area (Å²) in [6.07, 6.45) is 4.04. The second-order valence-corrected chi connectivity index (χ2v) is 5.43. The van der Waals surface area contributed by atoms with Crippen LogP contribution < -0.4 is 5.32 Å². The molecule has 0 fully saturated rings. The standard InChI is InChI=1S/C14H17N3O2S/c18-7-1-8-20-9-6-17-14(19)11-2-3-12-13(10-11)16-5-4-15-12/h2-5,10,18H,1,6-9H2,(H,17,19). The highest BCUT2D eigenvalue weighted by Crippen LogP contribution is 2.10. The van der Waals surface area contributed by atoms with E-state index in [0.717, 1.165) is 29.0 Å². The smallest absolute Gasteiger partial charge is 0.251 e. The summed E-state index contributed by atoms with van der Waals surface area (Å²) in [4.78, 5) is 20.3. The molecule has 20 heavy (non-hydrogen) atoms. The number of carbonyl (C=O) groups excluding carboxylic acids is 1. The van der Waals surface area contributed by atoms with Crippen LogP contribution in [0.1, 0.15) is 16.8 Å². The second-order valence-electron chi connectivity index (χ2n) is 4.21. The Hall–Kier alpha value is -1.66. The van der Waals surface area contributed by atoms with E-state index in [0.29, 0.717) is 12.1 Å². The van der Waals surface area contributed by atoms with Gasteiger partial charge in [0.05, 0.1) is 11.0 Å². The Bertz CT molecular complexity index is 577. The summed E-state index contributed by atoms with van der Waals surface area (Å²) in [6, 6.07) is 5.30. The minimum absolute atomic E-state index is 0.0969. The first-order valence-electron chi connectivity index (χ1n) is 6.49. The third-order valence-electron chi connectivity index (χ3n) is 2.71. The number of rotatable bonds is 7. The molecule has 1 heterocycles. The van der Waals surface area contributed by atoms with Crippen LogP contribution in [0.5, 0.6) is 0 Å². The number of aromatic nitrogens is 2. The zero-order valence-corrected chi connectivity index (χ0v) is 11.9. The van der Waals surface area contributed by atoms with E-state index < -0.39 is 0 Å². The molecule has 1 amide bonds. The molecule has 0 aliphatic rings. The summed E-state index contributed by atoms with van der Waals surface area (Å²) in [6.45, 7) is 0.838. The van der Waals surface area contributed by atoms with Gasteiger partial charge in [0.15, 0.2) is 0 Å². The van der Waals surface area contributed by atoms with Gasteiger partial charge in [-0.25, -0.2) is 0 Å². The quantitative estimate of drug-likeness (QED) is 0.756. The maximum absolute atomic E-state index is 12.0. The Morgan fingerprint density at radius 1 is 1.20 bits per heavy atom. The lowest BCUT2D eigenvalue weighted by atomic mass is 10.2. The molecule has 2 aromatic rings. The third kappa shape index (κ3) is 4.18. The van der Waals surface area contributed by atoms with Gasteiger partial charge >= 0.3 is 0 Å². The zero-order valence-electron chi connectivity index (χ0n) is 11.1.